The average molecular weight is 281 g/mol. The van der Waals surface area contributed by atoms with Gasteiger partial charge in [-0.3, -0.25) is 0 Å². The maximum atomic E-state index is 13.3. The summed E-state index contributed by atoms with van der Waals surface area (Å²) in [5, 5.41) is 3.45. The van der Waals surface area contributed by atoms with Crippen LogP contribution in [0.15, 0.2) is 24.3 Å². The minimum atomic E-state index is -0.141. The molecule has 0 heterocycles. The topological polar surface area (TPSA) is 21.3 Å². The van der Waals surface area contributed by atoms with E-state index in [1.165, 1.54) is 18.9 Å². The fourth-order valence-corrected chi connectivity index (χ4v) is 2.79. The van der Waals surface area contributed by atoms with Crippen LogP contribution in [0, 0.1) is 17.7 Å². The highest BCUT2D eigenvalue weighted by atomic mass is 19.1. The number of ether oxygens (including phenoxy) is 1. The van der Waals surface area contributed by atoms with Crippen LogP contribution in [0.1, 0.15) is 32.3 Å². The molecule has 1 unspecified atom stereocenters. The summed E-state index contributed by atoms with van der Waals surface area (Å²) in [6.45, 7) is 7.04. The number of hydrogen-bond donors (Lipinski definition) is 1. The number of nitrogens with one attached hydrogen (secondary N) is 1. The van der Waals surface area contributed by atoms with Gasteiger partial charge in [0.25, 0.3) is 0 Å². The molecule has 1 aromatic carbocycles. The molecule has 0 saturated heterocycles. The number of methoxy groups -OCH3 is 1. The van der Waals surface area contributed by atoms with E-state index in [4.69, 9.17) is 4.74 Å². The van der Waals surface area contributed by atoms with Gasteiger partial charge in [0, 0.05) is 13.7 Å². The van der Waals surface area contributed by atoms with Gasteiger partial charge in [-0.1, -0.05) is 38.8 Å². The van der Waals surface area contributed by atoms with Gasteiger partial charge in [-0.2, -0.15) is 0 Å². The fourth-order valence-electron chi connectivity index (χ4n) is 2.79. The van der Waals surface area contributed by atoms with Gasteiger partial charge in [-0.15, -0.1) is 0 Å². The van der Waals surface area contributed by atoms with Gasteiger partial charge in [0.1, 0.15) is 5.82 Å². The lowest BCUT2D eigenvalue weighted by molar-refractivity contribution is 0.194. The van der Waals surface area contributed by atoms with E-state index in [1.54, 1.807) is 19.2 Å². The first kappa shape index (κ1) is 17.1. The molecule has 0 amide bonds. The van der Waals surface area contributed by atoms with Crippen LogP contribution in [-0.2, 0) is 11.2 Å². The summed E-state index contributed by atoms with van der Waals surface area (Å²) in [6.07, 6.45) is 3.27. The molecule has 2 nitrogen and oxygen atoms in total. The van der Waals surface area contributed by atoms with E-state index in [-0.39, 0.29) is 5.82 Å². The number of rotatable bonds is 10. The summed E-state index contributed by atoms with van der Waals surface area (Å²) >= 11 is 0. The van der Waals surface area contributed by atoms with Crippen LogP contribution in [0.4, 0.5) is 4.39 Å². The largest absolute Gasteiger partial charge is 0.383 e. The van der Waals surface area contributed by atoms with Crippen LogP contribution in [0.2, 0.25) is 0 Å². The summed E-state index contributed by atoms with van der Waals surface area (Å²) in [4.78, 5) is 0. The third kappa shape index (κ3) is 6.02. The predicted octanol–water partition coefficient (Wildman–Crippen LogP) is 3.66. The van der Waals surface area contributed by atoms with Crippen LogP contribution < -0.4 is 5.32 Å². The van der Waals surface area contributed by atoms with E-state index >= 15 is 0 Å². The lowest BCUT2D eigenvalue weighted by Crippen LogP contribution is -2.31. The molecule has 0 aromatic heterocycles. The molecular weight excluding hydrogens is 253 g/mol. The van der Waals surface area contributed by atoms with Crippen LogP contribution in [-0.4, -0.2) is 26.8 Å². The van der Waals surface area contributed by atoms with Crippen LogP contribution >= 0.6 is 0 Å². The van der Waals surface area contributed by atoms with Gasteiger partial charge in [0.15, 0.2) is 0 Å². The highest BCUT2D eigenvalue weighted by molar-refractivity contribution is 5.17. The van der Waals surface area contributed by atoms with E-state index in [9.17, 15) is 4.39 Å². The number of benzene rings is 1. The molecule has 0 saturated carbocycles. The predicted molar refractivity (Wildman–Crippen MR) is 82.4 cm³/mol. The second-order valence-corrected chi connectivity index (χ2v) is 5.37. The van der Waals surface area contributed by atoms with E-state index in [0.717, 1.165) is 31.7 Å². The van der Waals surface area contributed by atoms with Crippen molar-refractivity contribution >= 4 is 0 Å². The Balaban J connectivity index is 2.61. The van der Waals surface area contributed by atoms with Crippen molar-refractivity contribution in [3.05, 3.63) is 35.6 Å². The molecule has 0 aliphatic carbocycles. The van der Waals surface area contributed by atoms with Crippen molar-refractivity contribution in [3.8, 4) is 0 Å². The Morgan fingerprint density at radius 2 is 1.95 bits per heavy atom. The van der Waals surface area contributed by atoms with Gasteiger partial charge in [-0.05, 0) is 42.5 Å². The van der Waals surface area contributed by atoms with Gasteiger partial charge >= 0.3 is 0 Å². The van der Waals surface area contributed by atoms with Crippen molar-refractivity contribution < 1.29 is 9.13 Å². The Labute approximate surface area is 122 Å². The Kier molecular flexibility index (Phi) is 8.47. The van der Waals surface area contributed by atoms with Crippen molar-refractivity contribution in [1.82, 2.24) is 5.32 Å². The standard InChI is InChI=1S/C17H28FNO/c1-4-15(5-2)16(13-19-9-10-20-3)11-14-7-6-8-17(18)12-14/h6-8,12,15-16,19H,4-5,9-11,13H2,1-3H3. The lowest BCUT2D eigenvalue weighted by atomic mass is 9.83. The second-order valence-electron chi connectivity index (χ2n) is 5.37. The molecule has 0 fully saturated rings. The molecule has 20 heavy (non-hydrogen) atoms. The second kappa shape index (κ2) is 9.89. The summed E-state index contributed by atoms with van der Waals surface area (Å²) in [6, 6.07) is 6.98. The van der Waals surface area contributed by atoms with Crippen molar-refractivity contribution in [2.24, 2.45) is 11.8 Å². The minimum absolute atomic E-state index is 0.141. The maximum absolute atomic E-state index is 13.3. The van der Waals surface area contributed by atoms with E-state index < -0.39 is 0 Å². The first-order valence-corrected chi connectivity index (χ1v) is 7.65. The first-order valence-electron chi connectivity index (χ1n) is 7.65. The third-order valence-corrected chi connectivity index (χ3v) is 3.99. The number of halogens is 1. The normalized spacial score (nSPS) is 12.8. The minimum Gasteiger partial charge on any atom is -0.383 e. The molecule has 0 aliphatic heterocycles. The Morgan fingerprint density at radius 3 is 2.55 bits per heavy atom. The molecule has 0 bridgehead atoms. The van der Waals surface area contributed by atoms with Crippen molar-refractivity contribution in [3.63, 3.8) is 0 Å². The van der Waals surface area contributed by atoms with Gasteiger partial charge in [0.2, 0.25) is 0 Å². The SMILES string of the molecule is CCC(CC)C(CNCCOC)Cc1cccc(F)c1. The lowest BCUT2D eigenvalue weighted by Gasteiger charge is -2.26. The van der Waals surface area contributed by atoms with Crippen LogP contribution in [0.5, 0.6) is 0 Å². The van der Waals surface area contributed by atoms with Crippen molar-refractivity contribution in [1.29, 1.82) is 0 Å². The highest BCUT2D eigenvalue weighted by Crippen LogP contribution is 2.23. The Bertz CT molecular complexity index is 366. The quantitative estimate of drug-likeness (QED) is 0.661. The Hall–Kier alpha value is -0.930. The van der Waals surface area contributed by atoms with Gasteiger partial charge in [-0.25, -0.2) is 4.39 Å². The maximum Gasteiger partial charge on any atom is 0.123 e. The van der Waals surface area contributed by atoms with E-state index in [2.05, 4.69) is 19.2 Å². The smallest absolute Gasteiger partial charge is 0.123 e. The third-order valence-electron chi connectivity index (χ3n) is 3.99. The first-order chi connectivity index (χ1) is 9.71. The highest BCUT2D eigenvalue weighted by Gasteiger charge is 2.18. The van der Waals surface area contributed by atoms with Crippen molar-refractivity contribution in [2.45, 2.75) is 33.1 Å². The number of hydrogen-bond acceptors (Lipinski definition) is 2. The molecule has 1 atom stereocenters. The molecule has 0 radical (unpaired) electrons. The van der Waals surface area contributed by atoms with Crippen LogP contribution in [0.3, 0.4) is 0 Å². The molecular formula is C17H28FNO. The molecule has 0 aliphatic rings. The van der Waals surface area contributed by atoms with Gasteiger partial charge < -0.3 is 10.1 Å². The Morgan fingerprint density at radius 1 is 1.20 bits per heavy atom. The molecule has 0 spiro atoms. The van der Waals surface area contributed by atoms with E-state index in [1.807, 2.05) is 6.07 Å². The summed E-state index contributed by atoms with van der Waals surface area (Å²) < 4.78 is 18.4. The van der Waals surface area contributed by atoms with Crippen molar-refractivity contribution in [2.75, 3.05) is 26.8 Å². The summed E-state index contributed by atoms with van der Waals surface area (Å²) in [5.74, 6) is 1.08. The van der Waals surface area contributed by atoms with Crippen LogP contribution in [0.25, 0.3) is 0 Å². The zero-order valence-electron chi connectivity index (χ0n) is 13.0. The zero-order valence-corrected chi connectivity index (χ0v) is 13.0. The molecule has 1 aromatic rings. The fraction of sp³-hybridized carbons (Fsp3) is 0.647. The summed E-state index contributed by atoms with van der Waals surface area (Å²) in [7, 11) is 1.72. The van der Waals surface area contributed by atoms with E-state index in [0.29, 0.717) is 11.8 Å². The average Bonchev–Trinajstić information content (AvgIpc) is 2.44. The monoisotopic (exact) mass is 281 g/mol. The molecule has 1 N–H and O–H groups in total. The summed E-state index contributed by atoms with van der Waals surface area (Å²) in [5.41, 5.74) is 1.09. The van der Waals surface area contributed by atoms with Gasteiger partial charge in [0.05, 0.1) is 6.61 Å². The zero-order chi connectivity index (χ0) is 14.8. The molecule has 3 heteroatoms. The molecule has 114 valence electrons. The molecule has 1 rings (SSSR count).